The first-order valence-electron chi connectivity index (χ1n) is 11.0. The van der Waals surface area contributed by atoms with Gasteiger partial charge in [-0.2, -0.15) is 11.8 Å². The number of rotatable bonds is 5. The van der Waals surface area contributed by atoms with Crippen molar-refractivity contribution >= 4 is 28.8 Å². The van der Waals surface area contributed by atoms with Crippen LogP contribution in [0, 0.1) is 20.8 Å². The van der Waals surface area contributed by atoms with Crippen molar-refractivity contribution in [1.29, 1.82) is 0 Å². The number of morpholine rings is 1. The van der Waals surface area contributed by atoms with Crippen molar-refractivity contribution in [3.05, 3.63) is 34.9 Å². The van der Waals surface area contributed by atoms with Crippen LogP contribution in [0.2, 0.25) is 0 Å². The van der Waals surface area contributed by atoms with Crippen LogP contribution in [0.4, 0.5) is 0 Å². The molecule has 32 heavy (non-hydrogen) atoms. The lowest BCUT2D eigenvalue weighted by molar-refractivity contribution is -0.0129. The number of furan rings is 1. The maximum atomic E-state index is 13.5. The van der Waals surface area contributed by atoms with E-state index >= 15 is 0 Å². The van der Waals surface area contributed by atoms with Gasteiger partial charge in [0.1, 0.15) is 11.5 Å². The quantitative estimate of drug-likeness (QED) is 0.625. The second-order valence-electron chi connectivity index (χ2n) is 8.64. The van der Waals surface area contributed by atoms with Crippen LogP contribution in [0.3, 0.4) is 0 Å². The Bertz CT molecular complexity index is 1140. The van der Waals surface area contributed by atoms with Crippen molar-refractivity contribution in [1.82, 2.24) is 20.4 Å². The van der Waals surface area contributed by atoms with Gasteiger partial charge in [0.05, 0.1) is 35.6 Å². The van der Waals surface area contributed by atoms with Gasteiger partial charge in [0, 0.05) is 36.5 Å². The van der Waals surface area contributed by atoms with Crippen LogP contribution >= 0.6 is 11.8 Å². The second kappa shape index (κ2) is 8.53. The summed E-state index contributed by atoms with van der Waals surface area (Å²) in [6.07, 6.45) is 1.06. The van der Waals surface area contributed by atoms with Crippen molar-refractivity contribution in [2.45, 2.75) is 32.7 Å². The van der Waals surface area contributed by atoms with E-state index in [1.807, 2.05) is 44.7 Å². The first-order valence-corrected chi connectivity index (χ1v) is 12.2. The molecule has 3 aromatic rings. The summed E-state index contributed by atoms with van der Waals surface area (Å²) in [5.74, 6) is 3.55. The molecule has 5 rings (SSSR count). The number of ether oxygens (including phenoxy) is 1. The minimum Gasteiger partial charge on any atom is -0.466 e. The van der Waals surface area contributed by atoms with Crippen LogP contribution < -0.4 is 5.32 Å². The molecular formula is C23H28N4O4S. The minimum absolute atomic E-state index is 0.0268. The summed E-state index contributed by atoms with van der Waals surface area (Å²) < 4.78 is 16.7. The zero-order valence-corrected chi connectivity index (χ0v) is 19.5. The van der Waals surface area contributed by atoms with E-state index in [1.165, 1.54) is 0 Å². The number of pyridine rings is 1. The highest BCUT2D eigenvalue weighted by atomic mass is 32.2. The Morgan fingerprint density at radius 2 is 2.06 bits per heavy atom. The van der Waals surface area contributed by atoms with E-state index in [2.05, 4.69) is 20.4 Å². The number of thioether (sulfide) groups is 1. The molecule has 170 valence electrons. The average Bonchev–Trinajstić information content (AvgIpc) is 3.51. The molecular weight excluding hydrogens is 428 g/mol. The fourth-order valence-corrected chi connectivity index (χ4v) is 6.25. The predicted octanol–water partition coefficient (Wildman–Crippen LogP) is 3.35. The standard InChI is InChI=1S/C23H28N4O4S/c1-14-10-17(16(3)30-14)19-11-18(20-15(2)26-31-22(20)25-19)21(28)24-12-23(4-9-32-13-23)27-5-7-29-8-6-27/h10-11H,4-9,12-13H2,1-3H3,(H,24,28). The highest BCUT2D eigenvalue weighted by Gasteiger charge is 2.41. The maximum absolute atomic E-state index is 13.5. The number of nitrogens with one attached hydrogen (secondary N) is 1. The summed E-state index contributed by atoms with van der Waals surface area (Å²) in [5, 5.41) is 7.95. The molecule has 2 aliphatic rings. The van der Waals surface area contributed by atoms with Crippen molar-refractivity contribution < 1.29 is 18.5 Å². The number of nitrogens with zero attached hydrogens (tertiary/aromatic N) is 3. The topological polar surface area (TPSA) is 93.6 Å². The van der Waals surface area contributed by atoms with Crippen LogP contribution in [0.1, 0.15) is 34.0 Å². The lowest BCUT2D eigenvalue weighted by Crippen LogP contribution is -2.59. The highest BCUT2D eigenvalue weighted by Crippen LogP contribution is 2.34. The number of carbonyl (C=O) groups excluding carboxylic acids is 1. The SMILES string of the molecule is Cc1cc(-c2cc(C(=O)NCC3(N4CCOCC4)CCSC3)c3c(C)noc3n2)c(C)o1. The zero-order valence-electron chi connectivity index (χ0n) is 18.7. The molecule has 0 spiro atoms. The van der Waals surface area contributed by atoms with E-state index in [1.54, 1.807) is 0 Å². The van der Waals surface area contributed by atoms with E-state index in [0.29, 0.717) is 34.6 Å². The van der Waals surface area contributed by atoms with E-state index in [0.717, 1.165) is 61.3 Å². The Hall–Kier alpha value is -2.36. The van der Waals surface area contributed by atoms with Crippen molar-refractivity contribution in [2.24, 2.45) is 0 Å². The van der Waals surface area contributed by atoms with Crippen LogP contribution in [0.25, 0.3) is 22.4 Å². The fourth-order valence-electron chi connectivity index (χ4n) is 4.77. The molecule has 1 atom stereocenters. The van der Waals surface area contributed by atoms with Gasteiger partial charge in [-0.1, -0.05) is 5.16 Å². The normalized spacial score (nSPS) is 22.0. The predicted molar refractivity (Wildman–Crippen MR) is 123 cm³/mol. The summed E-state index contributed by atoms with van der Waals surface area (Å²) >= 11 is 1.95. The largest absolute Gasteiger partial charge is 0.466 e. The molecule has 5 heterocycles. The van der Waals surface area contributed by atoms with Crippen LogP contribution in [-0.2, 0) is 4.74 Å². The lowest BCUT2D eigenvalue weighted by Gasteiger charge is -2.43. The van der Waals surface area contributed by atoms with Crippen molar-refractivity contribution in [2.75, 3.05) is 44.4 Å². The Kier molecular flexibility index (Phi) is 5.73. The molecule has 0 aliphatic carbocycles. The van der Waals surface area contributed by atoms with E-state index in [9.17, 15) is 4.79 Å². The van der Waals surface area contributed by atoms with Crippen LogP contribution in [0.15, 0.2) is 21.1 Å². The molecule has 0 aromatic carbocycles. The molecule has 3 aromatic heterocycles. The van der Waals surface area contributed by atoms with Gasteiger partial charge in [0.2, 0.25) is 0 Å². The summed E-state index contributed by atoms with van der Waals surface area (Å²) in [7, 11) is 0. The summed E-state index contributed by atoms with van der Waals surface area (Å²) in [6, 6.07) is 3.75. The summed E-state index contributed by atoms with van der Waals surface area (Å²) in [5.41, 5.74) is 3.02. The first-order chi connectivity index (χ1) is 15.5. The van der Waals surface area contributed by atoms with Crippen molar-refractivity contribution in [3.8, 4) is 11.3 Å². The average molecular weight is 457 g/mol. The van der Waals surface area contributed by atoms with Crippen LogP contribution in [0.5, 0.6) is 0 Å². The summed E-state index contributed by atoms with van der Waals surface area (Å²) in [6.45, 7) is 9.53. The van der Waals surface area contributed by atoms with Gasteiger partial charge in [0.15, 0.2) is 0 Å². The molecule has 2 aliphatic heterocycles. The Balaban J connectivity index is 1.46. The van der Waals surface area contributed by atoms with Gasteiger partial charge in [-0.25, -0.2) is 4.98 Å². The Labute approximate surface area is 191 Å². The molecule has 0 saturated carbocycles. The fraction of sp³-hybridized carbons (Fsp3) is 0.522. The van der Waals surface area contributed by atoms with Crippen molar-refractivity contribution in [3.63, 3.8) is 0 Å². The number of aryl methyl sites for hydroxylation is 3. The lowest BCUT2D eigenvalue weighted by atomic mass is 9.95. The highest BCUT2D eigenvalue weighted by molar-refractivity contribution is 7.99. The molecule has 0 bridgehead atoms. The molecule has 9 heteroatoms. The van der Waals surface area contributed by atoms with Gasteiger partial charge in [-0.3, -0.25) is 9.69 Å². The zero-order chi connectivity index (χ0) is 22.3. The Morgan fingerprint density at radius 1 is 1.25 bits per heavy atom. The maximum Gasteiger partial charge on any atom is 0.259 e. The number of fused-ring (bicyclic) bond motifs is 1. The van der Waals surface area contributed by atoms with Gasteiger partial charge < -0.3 is 19.0 Å². The number of carbonyl (C=O) groups is 1. The summed E-state index contributed by atoms with van der Waals surface area (Å²) in [4.78, 5) is 20.6. The number of hydrogen-bond acceptors (Lipinski definition) is 8. The van der Waals surface area contributed by atoms with Crippen LogP contribution in [-0.4, -0.2) is 70.8 Å². The first kappa shape index (κ1) is 21.5. The monoisotopic (exact) mass is 456 g/mol. The smallest absolute Gasteiger partial charge is 0.259 e. The third kappa shape index (κ3) is 3.82. The molecule has 1 amide bonds. The molecule has 8 nitrogen and oxygen atoms in total. The molecule has 2 fully saturated rings. The second-order valence-corrected chi connectivity index (χ2v) is 9.74. The van der Waals surface area contributed by atoms with Gasteiger partial charge in [0.25, 0.3) is 11.6 Å². The van der Waals surface area contributed by atoms with Gasteiger partial charge >= 0.3 is 0 Å². The molecule has 1 unspecified atom stereocenters. The van der Waals surface area contributed by atoms with Gasteiger partial charge in [-0.15, -0.1) is 0 Å². The van der Waals surface area contributed by atoms with Gasteiger partial charge in [-0.05, 0) is 45.1 Å². The minimum atomic E-state index is -0.132. The van der Waals surface area contributed by atoms with E-state index in [-0.39, 0.29) is 11.4 Å². The van der Waals surface area contributed by atoms with E-state index < -0.39 is 0 Å². The third-order valence-electron chi connectivity index (χ3n) is 6.52. The molecule has 1 N–H and O–H groups in total. The third-order valence-corrected chi connectivity index (χ3v) is 7.76. The number of hydrogen-bond donors (Lipinski definition) is 1. The molecule has 2 saturated heterocycles. The molecule has 0 radical (unpaired) electrons. The van der Waals surface area contributed by atoms with E-state index in [4.69, 9.17) is 13.7 Å². The Morgan fingerprint density at radius 3 is 2.75 bits per heavy atom. The number of aromatic nitrogens is 2. The number of amides is 1.